The highest BCUT2D eigenvalue weighted by atomic mass is 32.1. The van der Waals surface area contributed by atoms with Crippen molar-refractivity contribution in [1.82, 2.24) is 9.88 Å². The summed E-state index contributed by atoms with van der Waals surface area (Å²) in [5.41, 5.74) is 1.19. The van der Waals surface area contributed by atoms with Gasteiger partial charge in [-0.25, -0.2) is 4.98 Å². The van der Waals surface area contributed by atoms with Gasteiger partial charge in [0.05, 0.1) is 5.69 Å². The maximum atomic E-state index is 4.48. The van der Waals surface area contributed by atoms with Gasteiger partial charge in [0.1, 0.15) is 0 Å². The third-order valence-electron chi connectivity index (χ3n) is 2.74. The lowest BCUT2D eigenvalue weighted by Crippen LogP contribution is -2.25. The first-order valence-corrected chi connectivity index (χ1v) is 7.08. The molecule has 0 bridgehead atoms. The number of thiazole rings is 1. The summed E-state index contributed by atoms with van der Waals surface area (Å²) in [6, 6.07) is 0. The summed E-state index contributed by atoms with van der Waals surface area (Å²) in [7, 11) is 0. The number of aromatic nitrogens is 1. The van der Waals surface area contributed by atoms with Crippen LogP contribution in [0.25, 0.3) is 0 Å². The predicted molar refractivity (Wildman–Crippen MR) is 72.4 cm³/mol. The Morgan fingerprint density at radius 1 is 1.31 bits per heavy atom. The molecule has 1 N–H and O–H groups in total. The zero-order valence-corrected chi connectivity index (χ0v) is 11.4. The lowest BCUT2D eigenvalue weighted by Gasteiger charge is -2.17. The fraction of sp³-hybridized carbons (Fsp3) is 0.750. The van der Waals surface area contributed by atoms with Crippen LogP contribution in [0.4, 0.5) is 5.13 Å². The molecule has 0 fully saturated rings. The number of nitrogens with one attached hydrogen (secondary N) is 1. The molecule has 0 aliphatic rings. The normalized spacial score (nSPS) is 11.0. The molecule has 0 saturated heterocycles. The van der Waals surface area contributed by atoms with Crippen LogP contribution in [-0.2, 0) is 6.42 Å². The van der Waals surface area contributed by atoms with Crippen molar-refractivity contribution in [3.63, 3.8) is 0 Å². The number of anilines is 1. The zero-order chi connectivity index (χ0) is 11.8. The third kappa shape index (κ3) is 4.49. The van der Waals surface area contributed by atoms with Crippen LogP contribution < -0.4 is 5.32 Å². The van der Waals surface area contributed by atoms with Gasteiger partial charge >= 0.3 is 0 Å². The molecular formula is C12H23N3S. The molecule has 4 heteroatoms. The average molecular weight is 241 g/mol. The van der Waals surface area contributed by atoms with Crippen molar-refractivity contribution in [2.45, 2.75) is 33.6 Å². The zero-order valence-electron chi connectivity index (χ0n) is 10.6. The molecule has 0 unspecified atom stereocenters. The quantitative estimate of drug-likeness (QED) is 0.709. The van der Waals surface area contributed by atoms with E-state index in [1.807, 2.05) is 0 Å². The number of nitrogens with zero attached hydrogens (tertiary/aromatic N) is 2. The van der Waals surface area contributed by atoms with Crippen molar-refractivity contribution < 1.29 is 0 Å². The molecule has 1 rings (SSSR count). The fourth-order valence-corrected chi connectivity index (χ4v) is 2.41. The Hall–Kier alpha value is -0.610. The number of hydrogen-bond acceptors (Lipinski definition) is 4. The average Bonchev–Trinajstić information content (AvgIpc) is 2.77. The molecule has 92 valence electrons. The van der Waals surface area contributed by atoms with Gasteiger partial charge in [-0.1, -0.05) is 20.8 Å². The van der Waals surface area contributed by atoms with Gasteiger partial charge in [-0.15, -0.1) is 11.3 Å². The van der Waals surface area contributed by atoms with E-state index in [4.69, 9.17) is 0 Å². The van der Waals surface area contributed by atoms with Crippen molar-refractivity contribution >= 4 is 16.5 Å². The van der Waals surface area contributed by atoms with Gasteiger partial charge in [0.25, 0.3) is 0 Å². The Bertz CT molecular complexity index is 282. The van der Waals surface area contributed by atoms with Crippen molar-refractivity contribution in [2.24, 2.45) is 0 Å². The molecule has 0 aliphatic heterocycles. The van der Waals surface area contributed by atoms with Gasteiger partial charge in [0.2, 0.25) is 0 Å². The third-order valence-corrected chi connectivity index (χ3v) is 3.58. The highest BCUT2D eigenvalue weighted by molar-refractivity contribution is 7.13. The Morgan fingerprint density at radius 2 is 2.06 bits per heavy atom. The molecule has 0 amide bonds. The first-order chi connectivity index (χ1) is 7.80. The molecule has 16 heavy (non-hydrogen) atoms. The van der Waals surface area contributed by atoms with E-state index < -0.39 is 0 Å². The molecule has 1 heterocycles. The molecule has 0 spiro atoms. The van der Waals surface area contributed by atoms with Crippen LogP contribution in [0.15, 0.2) is 5.38 Å². The van der Waals surface area contributed by atoms with Gasteiger partial charge in [-0.05, 0) is 32.5 Å². The Balaban J connectivity index is 2.15. The van der Waals surface area contributed by atoms with Crippen LogP contribution in [0.2, 0.25) is 0 Å². The van der Waals surface area contributed by atoms with Crippen LogP contribution in [0.1, 0.15) is 32.9 Å². The molecule has 3 nitrogen and oxygen atoms in total. The predicted octanol–water partition coefficient (Wildman–Crippen LogP) is 2.85. The first kappa shape index (κ1) is 13.5. The second kappa shape index (κ2) is 7.63. The maximum Gasteiger partial charge on any atom is 0.182 e. The monoisotopic (exact) mass is 241 g/mol. The smallest absolute Gasteiger partial charge is 0.182 e. The summed E-state index contributed by atoms with van der Waals surface area (Å²) in [5.74, 6) is 0. The lowest BCUT2D eigenvalue weighted by atomic mass is 10.3. The summed E-state index contributed by atoms with van der Waals surface area (Å²) in [4.78, 5) is 6.92. The van der Waals surface area contributed by atoms with Crippen molar-refractivity contribution in [3.8, 4) is 0 Å². The van der Waals surface area contributed by atoms with Crippen molar-refractivity contribution in [2.75, 3.05) is 31.5 Å². The molecule has 1 aromatic rings. The minimum atomic E-state index is 1.02. The van der Waals surface area contributed by atoms with Gasteiger partial charge in [0, 0.05) is 11.9 Å². The molecule has 0 saturated carbocycles. The largest absolute Gasteiger partial charge is 0.361 e. The molecule has 0 atom stereocenters. The highest BCUT2D eigenvalue weighted by Crippen LogP contribution is 2.15. The molecule has 0 aromatic carbocycles. The fourth-order valence-electron chi connectivity index (χ4n) is 1.59. The summed E-state index contributed by atoms with van der Waals surface area (Å²) in [6.07, 6.45) is 2.21. The van der Waals surface area contributed by atoms with Gasteiger partial charge < -0.3 is 10.2 Å². The van der Waals surface area contributed by atoms with Crippen molar-refractivity contribution in [1.29, 1.82) is 0 Å². The number of rotatable bonds is 8. The highest BCUT2D eigenvalue weighted by Gasteiger charge is 2.00. The molecular weight excluding hydrogens is 218 g/mol. The minimum absolute atomic E-state index is 1.02. The maximum absolute atomic E-state index is 4.48. The van der Waals surface area contributed by atoms with E-state index in [2.05, 4.69) is 41.4 Å². The van der Waals surface area contributed by atoms with E-state index in [0.717, 1.165) is 31.2 Å². The lowest BCUT2D eigenvalue weighted by molar-refractivity contribution is 0.303. The summed E-state index contributed by atoms with van der Waals surface area (Å²) in [5, 5.41) is 6.58. The SMILES string of the molecule is CCc1csc(NCCCN(CC)CC)n1. The molecule has 0 aliphatic carbocycles. The van der Waals surface area contributed by atoms with Crippen LogP contribution in [0, 0.1) is 0 Å². The van der Waals surface area contributed by atoms with Gasteiger partial charge in [-0.2, -0.15) is 0 Å². The van der Waals surface area contributed by atoms with E-state index in [1.54, 1.807) is 11.3 Å². The number of hydrogen-bond donors (Lipinski definition) is 1. The van der Waals surface area contributed by atoms with E-state index in [-0.39, 0.29) is 0 Å². The Morgan fingerprint density at radius 3 is 2.62 bits per heavy atom. The second-order valence-corrected chi connectivity index (χ2v) is 4.66. The second-order valence-electron chi connectivity index (χ2n) is 3.80. The van der Waals surface area contributed by atoms with Crippen molar-refractivity contribution in [3.05, 3.63) is 11.1 Å². The summed E-state index contributed by atoms with van der Waals surface area (Å²) in [6.45, 7) is 11.1. The van der Waals surface area contributed by atoms with Gasteiger partial charge in [-0.3, -0.25) is 0 Å². The Kier molecular flexibility index (Phi) is 6.42. The van der Waals surface area contributed by atoms with Crippen LogP contribution in [0.5, 0.6) is 0 Å². The number of aryl methyl sites for hydroxylation is 1. The van der Waals surface area contributed by atoms with E-state index in [1.165, 1.54) is 18.7 Å². The minimum Gasteiger partial charge on any atom is -0.361 e. The summed E-state index contributed by atoms with van der Waals surface area (Å²) < 4.78 is 0. The Labute approximate surface area is 103 Å². The van der Waals surface area contributed by atoms with E-state index in [9.17, 15) is 0 Å². The van der Waals surface area contributed by atoms with Crippen LogP contribution in [0.3, 0.4) is 0 Å². The van der Waals surface area contributed by atoms with Crippen LogP contribution in [-0.4, -0.2) is 36.1 Å². The topological polar surface area (TPSA) is 28.2 Å². The van der Waals surface area contributed by atoms with E-state index in [0.29, 0.717) is 0 Å². The standard InChI is InChI=1S/C12H23N3S/c1-4-11-10-16-12(14-11)13-8-7-9-15(5-2)6-3/h10H,4-9H2,1-3H3,(H,13,14). The van der Waals surface area contributed by atoms with Gasteiger partial charge in [0.15, 0.2) is 5.13 Å². The first-order valence-electron chi connectivity index (χ1n) is 6.20. The molecule has 0 radical (unpaired) electrons. The van der Waals surface area contributed by atoms with Crippen LogP contribution >= 0.6 is 11.3 Å². The summed E-state index contributed by atoms with van der Waals surface area (Å²) >= 11 is 1.71. The van der Waals surface area contributed by atoms with E-state index >= 15 is 0 Å². The molecule has 1 aromatic heterocycles.